The molecule has 1 amide bonds. The van der Waals surface area contributed by atoms with Crippen LogP contribution in [0.4, 0.5) is 0 Å². The van der Waals surface area contributed by atoms with E-state index in [0.29, 0.717) is 10.2 Å². The fourth-order valence-corrected chi connectivity index (χ4v) is 3.50. The first-order valence-electron chi connectivity index (χ1n) is 8.69. The number of hydrogen-bond acceptors (Lipinski definition) is 5. The molecule has 140 valence electrons. The second-order valence-electron chi connectivity index (χ2n) is 5.96. The van der Waals surface area contributed by atoms with Crippen molar-refractivity contribution in [3.63, 3.8) is 0 Å². The number of rotatable bonds is 8. The van der Waals surface area contributed by atoms with Crippen molar-refractivity contribution in [1.29, 1.82) is 0 Å². The molecule has 0 bridgehead atoms. The number of nitrogens with zero attached hydrogens (tertiary/aromatic N) is 4. The van der Waals surface area contributed by atoms with Crippen LogP contribution >= 0.6 is 23.4 Å². The van der Waals surface area contributed by atoms with Crippen LogP contribution in [0.2, 0.25) is 5.02 Å². The molecule has 0 unspecified atom stereocenters. The van der Waals surface area contributed by atoms with E-state index in [1.807, 2.05) is 42.5 Å². The Kier molecular flexibility index (Phi) is 6.84. The normalized spacial score (nSPS) is 11.9. The van der Waals surface area contributed by atoms with Crippen LogP contribution in [0, 0.1) is 0 Å². The lowest BCUT2D eigenvalue weighted by molar-refractivity contribution is -0.119. The molecule has 27 heavy (non-hydrogen) atoms. The van der Waals surface area contributed by atoms with E-state index in [9.17, 15) is 4.79 Å². The van der Waals surface area contributed by atoms with E-state index in [1.165, 1.54) is 11.8 Å². The summed E-state index contributed by atoms with van der Waals surface area (Å²) in [5.41, 5.74) is 1.91. The Bertz CT molecular complexity index is 869. The van der Waals surface area contributed by atoms with Gasteiger partial charge in [0.25, 0.3) is 0 Å². The average molecular weight is 402 g/mol. The van der Waals surface area contributed by atoms with E-state index in [2.05, 4.69) is 27.8 Å². The summed E-state index contributed by atoms with van der Waals surface area (Å²) in [7, 11) is 0. The van der Waals surface area contributed by atoms with Crippen LogP contribution in [0.3, 0.4) is 0 Å². The largest absolute Gasteiger partial charge is 0.349 e. The van der Waals surface area contributed by atoms with E-state index in [4.69, 9.17) is 11.6 Å². The highest BCUT2D eigenvalue weighted by Crippen LogP contribution is 2.21. The van der Waals surface area contributed by atoms with Gasteiger partial charge in [0.1, 0.15) is 0 Å². The molecule has 1 N–H and O–H groups in total. The molecule has 0 aliphatic carbocycles. The van der Waals surface area contributed by atoms with Gasteiger partial charge in [-0.25, -0.2) is 0 Å². The monoisotopic (exact) mass is 401 g/mol. The van der Waals surface area contributed by atoms with E-state index in [-0.39, 0.29) is 17.7 Å². The molecule has 0 aliphatic rings. The molecular weight excluding hydrogens is 382 g/mol. The average Bonchev–Trinajstić information content (AvgIpc) is 3.16. The molecule has 2 aromatic carbocycles. The molecule has 0 fully saturated rings. The molecule has 0 radical (unpaired) electrons. The van der Waals surface area contributed by atoms with Crippen molar-refractivity contribution in [2.45, 2.75) is 31.0 Å². The first-order chi connectivity index (χ1) is 13.2. The van der Waals surface area contributed by atoms with Gasteiger partial charge < -0.3 is 5.32 Å². The van der Waals surface area contributed by atoms with Gasteiger partial charge in [-0.15, -0.1) is 5.10 Å². The summed E-state index contributed by atoms with van der Waals surface area (Å²) in [6.07, 6.45) is 1.88. The molecule has 0 aliphatic heterocycles. The molecule has 0 spiro atoms. The number of halogens is 1. The summed E-state index contributed by atoms with van der Waals surface area (Å²) < 4.78 is 1.59. The van der Waals surface area contributed by atoms with Crippen molar-refractivity contribution in [3.05, 3.63) is 65.2 Å². The van der Waals surface area contributed by atoms with Crippen molar-refractivity contribution in [2.24, 2.45) is 0 Å². The van der Waals surface area contributed by atoms with E-state index < -0.39 is 0 Å². The summed E-state index contributed by atoms with van der Waals surface area (Å²) in [6, 6.07) is 17.2. The number of aromatic nitrogens is 4. The number of carbonyl (C=O) groups is 1. The zero-order valence-corrected chi connectivity index (χ0v) is 16.5. The number of hydrogen-bond donors (Lipinski definition) is 1. The minimum Gasteiger partial charge on any atom is -0.349 e. The summed E-state index contributed by atoms with van der Waals surface area (Å²) in [5, 5.41) is 16.0. The minimum absolute atomic E-state index is 0.0107. The predicted octanol–water partition coefficient (Wildman–Crippen LogP) is 4.07. The van der Waals surface area contributed by atoms with Crippen molar-refractivity contribution in [2.75, 3.05) is 5.75 Å². The summed E-state index contributed by atoms with van der Waals surface area (Å²) in [4.78, 5) is 12.5. The quantitative estimate of drug-likeness (QED) is 0.576. The molecule has 0 saturated carbocycles. The van der Waals surface area contributed by atoms with Gasteiger partial charge in [-0.3, -0.25) is 4.79 Å². The first-order valence-corrected chi connectivity index (χ1v) is 10.0. The highest BCUT2D eigenvalue weighted by molar-refractivity contribution is 7.99. The van der Waals surface area contributed by atoms with Gasteiger partial charge in [-0.2, -0.15) is 4.68 Å². The lowest BCUT2D eigenvalue weighted by Gasteiger charge is -2.18. The van der Waals surface area contributed by atoms with Crippen LogP contribution in [0.5, 0.6) is 0 Å². The lowest BCUT2D eigenvalue weighted by atomic mass is 10.0. The molecule has 1 heterocycles. The highest BCUT2D eigenvalue weighted by Gasteiger charge is 2.16. The molecule has 6 nitrogen and oxygen atoms in total. The van der Waals surface area contributed by atoms with Crippen molar-refractivity contribution < 1.29 is 4.79 Å². The number of carbonyl (C=O) groups excluding carboxylic acids is 1. The standard InChI is InChI=1S/C19H20ClN5OS/c1-2-6-17(14-7-4-3-5-8-14)21-18(26)13-27-19-22-23-24-25(19)16-11-9-15(20)10-12-16/h3-5,7-12,17H,2,6,13H2,1H3,(H,21,26)/t17-/m0/s1. The van der Waals surface area contributed by atoms with Crippen LogP contribution in [0.25, 0.3) is 5.69 Å². The van der Waals surface area contributed by atoms with Crippen LogP contribution in [-0.2, 0) is 4.79 Å². The third kappa shape index (κ3) is 5.30. The van der Waals surface area contributed by atoms with Crippen molar-refractivity contribution >= 4 is 29.3 Å². The predicted molar refractivity (Wildman–Crippen MR) is 107 cm³/mol. The third-order valence-corrected chi connectivity index (χ3v) is 5.13. The fraction of sp³-hybridized carbons (Fsp3) is 0.263. The molecule has 1 aromatic heterocycles. The van der Waals surface area contributed by atoms with Crippen LogP contribution in [0.15, 0.2) is 59.8 Å². The molecule has 3 rings (SSSR count). The smallest absolute Gasteiger partial charge is 0.230 e. The Balaban J connectivity index is 1.62. The number of benzene rings is 2. The third-order valence-electron chi connectivity index (χ3n) is 3.96. The number of amides is 1. The first kappa shape index (κ1) is 19.4. The maximum Gasteiger partial charge on any atom is 0.230 e. The molecule has 3 aromatic rings. The minimum atomic E-state index is -0.0482. The Morgan fingerprint density at radius 3 is 2.63 bits per heavy atom. The van der Waals surface area contributed by atoms with Crippen molar-refractivity contribution in [3.8, 4) is 5.69 Å². The second kappa shape index (κ2) is 9.53. The number of nitrogens with one attached hydrogen (secondary N) is 1. The fourth-order valence-electron chi connectivity index (χ4n) is 2.68. The zero-order chi connectivity index (χ0) is 19.1. The Morgan fingerprint density at radius 1 is 1.19 bits per heavy atom. The maximum absolute atomic E-state index is 12.5. The van der Waals surface area contributed by atoms with E-state index in [0.717, 1.165) is 24.1 Å². The van der Waals surface area contributed by atoms with Crippen LogP contribution in [-0.4, -0.2) is 31.9 Å². The summed E-state index contributed by atoms with van der Waals surface area (Å²) in [6.45, 7) is 2.11. The van der Waals surface area contributed by atoms with Gasteiger partial charge in [0.15, 0.2) is 0 Å². The van der Waals surface area contributed by atoms with Gasteiger partial charge in [-0.1, -0.05) is 67.0 Å². The van der Waals surface area contributed by atoms with E-state index in [1.54, 1.807) is 16.8 Å². The van der Waals surface area contributed by atoms with E-state index >= 15 is 0 Å². The van der Waals surface area contributed by atoms with Crippen molar-refractivity contribution in [1.82, 2.24) is 25.5 Å². The number of thioether (sulfide) groups is 1. The SMILES string of the molecule is CCC[C@H](NC(=O)CSc1nnnn1-c1ccc(Cl)cc1)c1ccccc1. The molecular formula is C19H20ClN5OS. The topological polar surface area (TPSA) is 72.7 Å². The van der Waals surface area contributed by atoms with Gasteiger partial charge >= 0.3 is 0 Å². The second-order valence-corrected chi connectivity index (χ2v) is 7.34. The van der Waals surface area contributed by atoms with Gasteiger partial charge in [0.05, 0.1) is 17.5 Å². The van der Waals surface area contributed by atoms with Gasteiger partial charge in [0.2, 0.25) is 11.1 Å². The number of tetrazole rings is 1. The Morgan fingerprint density at radius 2 is 1.93 bits per heavy atom. The van der Waals surface area contributed by atoms with Crippen LogP contribution < -0.4 is 5.32 Å². The Labute approximate surface area is 167 Å². The van der Waals surface area contributed by atoms with Gasteiger partial charge in [0, 0.05) is 5.02 Å². The molecule has 1 atom stereocenters. The summed E-state index contributed by atoms with van der Waals surface area (Å²) in [5.74, 6) is 0.189. The lowest BCUT2D eigenvalue weighted by Crippen LogP contribution is -2.30. The Hall–Kier alpha value is -2.38. The zero-order valence-electron chi connectivity index (χ0n) is 14.9. The van der Waals surface area contributed by atoms with Crippen LogP contribution in [0.1, 0.15) is 31.4 Å². The van der Waals surface area contributed by atoms with Gasteiger partial charge in [-0.05, 0) is 46.7 Å². The summed E-state index contributed by atoms with van der Waals surface area (Å²) >= 11 is 7.22. The molecule has 0 saturated heterocycles. The molecule has 8 heteroatoms. The highest BCUT2D eigenvalue weighted by atomic mass is 35.5. The maximum atomic E-state index is 12.5.